The number of benzene rings is 1. The zero-order valence-electron chi connectivity index (χ0n) is 19.5. The molecule has 0 atom stereocenters. The molecular weight excluding hydrogens is 590 g/mol. The summed E-state index contributed by atoms with van der Waals surface area (Å²) in [7, 11) is -1.05. The topological polar surface area (TPSA) is 0 Å². The fourth-order valence-electron chi connectivity index (χ4n) is 4.79. The van der Waals surface area contributed by atoms with E-state index in [-0.39, 0.29) is 56.1 Å². The molecule has 0 amide bonds. The van der Waals surface area contributed by atoms with Crippen LogP contribution < -0.4 is 30.0 Å². The summed E-state index contributed by atoms with van der Waals surface area (Å²) in [5, 5.41) is 4.79. The maximum absolute atomic E-state index is 3.44. The van der Waals surface area contributed by atoms with Gasteiger partial charge in [0, 0.05) is 8.07 Å². The molecule has 0 radical (unpaired) electrons. The quantitative estimate of drug-likeness (QED) is 0.358. The molecule has 4 rings (SSSR count). The van der Waals surface area contributed by atoms with Gasteiger partial charge in [-0.25, -0.2) is 5.57 Å². The van der Waals surface area contributed by atoms with Gasteiger partial charge in [-0.05, 0) is 0 Å². The van der Waals surface area contributed by atoms with Crippen molar-refractivity contribution in [1.82, 2.24) is 0 Å². The molecule has 1 heterocycles. The van der Waals surface area contributed by atoms with E-state index in [2.05, 4.69) is 84.0 Å². The van der Waals surface area contributed by atoms with Crippen LogP contribution in [0.4, 0.5) is 0 Å². The Hall–Kier alpha value is -0.0230. The Labute approximate surface area is 217 Å². The van der Waals surface area contributed by atoms with Crippen molar-refractivity contribution in [3.63, 3.8) is 0 Å². The number of fused-ring (bicyclic) bond motifs is 1. The van der Waals surface area contributed by atoms with E-state index in [9.17, 15) is 0 Å². The van der Waals surface area contributed by atoms with Gasteiger partial charge in [-0.15, -0.1) is 41.1 Å². The minimum atomic E-state index is -1.05. The van der Waals surface area contributed by atoms with E-state index in [1.54, 1.807) is 22.7 Å². The van der Waals surface area contributed by atoms with E-state index in [4.69, 9.17) is 0 Å². The smallest absolute Gasteiger partial charge is 1.00 e. The molecule has 1 fully saturated rings. The second-order valence-electron chi connectivity index (χ2n) is 9.20. The van der Waals surface area contributed by atoms with Crippen LogP contribution in [0.5, 0.6) is 0 Å². The molecule has 1 aliphatic heterocycles. The maximum atomic E-state index is 3.44. The summed E-state index contributed by atoms with van der Waals surface area (Å²) in [5.41, 5.74) is 4.39. The van der Waals surface area contributed by atoms with Crippen molar-refractivity contribution in [2.24, 2.45) is 5.41 Å². The molecule has 2 aromatic carbocycles. The van der Waals surface area contributed by atoms with Crippen molar-refractivity contribution >= 4 is 24.0 Å². The molecule has 0 spiro atoms. The molecule has 0 nitrogen and oxygen atoms in total. The first-order valence-corrected chi connectivity index (χ1v) is 13.4. The Bertz CT molecular complexity index is 872. The monoisotopic (exact) mass is 626 g/mol. The van der Waals surface area contributed by atoms with E-state index in [1.165, 1.54) is 47.4 Å². The van der Waals surface area contributed by atoms with Crippen molar-refractivity contribution < 1.29 is 50.7 Å². The van der Waals surface area contributed by atoms with Crippen molar-refractivity contribution in [2.75, 3.05) is 0 Å². The number of halogens is 2. The Morgan fingerprint density at radius 2 is 1.67 bits per heavy atom. The summed E-state index contributed by atoms with van der Waals surface area (Å²) in [6, 6.07) is 18.4. The van der Waals surface area contributed by atoms with Crippen LogP contribution in [0.2, 0.25) is 18.1 Å². The van der Waals surface area contributed by atoms with Gasteiger partial charge in [-0.3, -0.25) is 6.08 Å². The predicted octanol–water partition coefficient (Wildman–Crippen LogP) is 1.54. The molecule has 1 saturated heterocycles. The van der Waals surface area contributed by atoms with E-state index >= 15 is 0 Å². The molecular formula is C26H36Cl2HfSi. The fourth-order valence-corrected chi connectivity index (χ4v) is 9.57. The second-order valence-corrected chi connectivity index (χ2v) is 13.8. The first-order valence-electron chi connectivity index (χ1n) is 10.8. The molecule has 4 heteroatoms. The van der Waals surface area contributed by atoms with Gasteiger partial charge in [-0.2, -0.15) is 23.3 Å². The van der Waals surface area contributed by atoms with Crippen molar-refractivity contribution in [1.29, 1.82) is 0 Å². The fraction of sp³-hybridized carbons (Fsp3) is 0.500. The van der Waals surface area contributed by atoms with E-state index in [0.717, 1.165) is 0 Å². The summed E-state index contributed by atoms with van der Waals surface area (Å²) in [6.07, 6.45) is 7.71. The van der Waals surface area contributed by atoms with Crippen LogP contribution in [0.1, 0.15) is 60.8 Å². The molecule has 0 unspecified atom stereocenters. The molecule has 1 aliphatic carbocycles. The average molecular weight is 626 g/mol. The van der Waals surface area contributed by atoms with Gasteiger partial charge in [0.2, 0.25) is 0 Å². The normalized spacial score (nSPS) is 18.1. The third-order valence-electron chi connectivity index (χ3n) is 7.13. The van der Waals surface area contributed by atoms with Gasteiger partial charge in [0.05, 0.1) is 0 Å². The standard InChI is InChI=1S/C16H21Si.C10H15.2ClH.Hf/c1-2-3-11-17(12-6-13-17)16-10-9-14-7-4-5-8-15(14)16;1-7-6-10(4,5)9(3)8(7)2;;;/h4-5,7-10H,2-3,6,11-13H2,1H3;1-5H3;2*1H;/q2*-1;;;+4/p-2. The molecule has 162 valence electrons. The zero-order valence-corrected chi connectivity index (χ0v) is 25.6. The largest absolute Gasteiger partial charge is 4.00 e. The Morgan fingerprint density at radius 1 is 1.03 bits per heavy atom. The van der Waals surface area contributed by atoms with Gasteiger partial charge in [0.15, 0.2) is 0 Å². The van der Waals surface area contributed by atoms with Gasteiger partial charge in [0.1, 0.15) is 0 Å². The Morgan fingerprint density at radius 3 is 2.10 bits per heavy atom. The minimum absolute atomic E-state index is 0. The Kier molecular flexibility index (Phi) is 12.3. The third-order valence-corrected chi connectivity index (χ3v) is 12.6. The third kappa shape index (κ3) is 6.06. The van der Waals surface area contributed by atoms with Gasteiger partial charge in [-0.1, -0.05) is 83.5 Å². The van der Waals surface area contributed by atoms with E-state index < -0.39 is 8.07 Å². The summed E-state index contributed by atoms with van der Waals surface area (Å²) in [5.74, 6) is 0. The molecule has 2 aromatic rings. The number of hydrogen-bond acceptors (Lipinski definition) is 0. The summed E-state index contributed by atoms with van der Waals surface area (Å²) in [6.45, 7) is 13.2. The van der Waals surface area contributed by atoms with E-state index in [1.807, 2.05) is 0 Å². The number of hydrogen-bond donors (Lipinski definition) is 0. The van der Waals surface area contributed by atoms with Crippen LogP contribution in [-0.4, -0.2) is 8.07 Å². The van der Waals surface area contributed by atoms with Crippen LogP contribution >= 0.6 is 0 Å². The van der Waals surface area contributed by atoms with Crippen LogP contribution in [0.3, 0.4) is 0 Å². The molecule has 0 N–H and O–H groups in total. The van der Waals surface area contributed by atoms with Gasteiger partial charge in [0.25, 0.3) is 0 Å². The van der Waals surface area contributed by atoms with Crippen molar-refractivity contribution in [2.45, 2.75) is 78.9 Å². The van der Waals surface area contributed by atoms with Crippen LogP contribution in [0.25, 0.3) is 10.8 Å². The average Bonchev–Trinajstić information content (AvgIpc) is 3.11. The Balaban J connectivity index is 0.000000569. The summed E-state index contributed by atoms with van der Waals surface area (Å²) in [4.78, 5) is 0. The minimum Gasteiger partial charge on any atom is -1.00 e. The SMILES string of the molecule is CC1=[C-]C(C)(C)C(C)=C1C.CCCC[Si]1([c-]2ccc3ccccc32)CCC1.[Cl-].[Cl-].[Hf+4]. The zero-order chi connectivity index (χ0) is 19.7. The van der Waals surface area contributed by atoms with E-state index in [0.29, 0.717) is 0 Å². The second kappa shape index (κ2) is 12.3. The van der Waals surface area contributed by atoms with Crippen LogP contribution in [-0.2, 0) is 25.8 Å². The number of unbranched alkanes of at least 4 members (excludes halogenated alkanes) is 1. The van der Waals surface area contributed by atoms with Crippen LogP contribution in [0.15, 0.2) is 53.1 Å². The molecule has 0 bridgehead atoms. The maximum Gasteiger partial charge on any atom is 4.00 e. The van der Waals surface area contributed by atoms with Crippen LogP contribution in [0, 0.1) is 11.5 Å². The first-order chi connectivity index (χ1) is 12.8. The molecule has 30 heavy (non-hydrogen) atoms. The van der Waals surface area contributed by atoms with Crippen molar-refractivity contribution in [3.8, 4) is 0 Å². The number of rotatable bonds is 4. The first kappa shape index (κ1) is 30.0. The summed E-state index contributed by atoms with van der Waals surface area (Å²) < 4.78 is 0. The summed E-state index contributed by atoms with van der Waals surface area (Å²) >= 11 is 0. The van der Waals surface area contributed by atoms with Gasteiger partial charge < -0.3 is 24.8 Å². The van der Waals surface area contributed by atoms with Gasteiger partial charge >= 0.3 is 25.8 Å². The van der Waals surface area contributed by atoms with Crippen molar-refractivity contribution in [3.05, 3.63) is 59.2 Å². The molecule has 2 aliphatic rings. The molecule has 0 saturated carbocycles. The predicted molar refractivity (Wildman–Crippen MR) is 123 cm³/mol. The number of allylic oxidation sites excluding steroid dienone is 4. The molecule has 0 aromatic heterocycles.